The largest absolute Gasteiger partial charge is 0.490 e. The van der Waals surface area contributed by atoms with E-state index in [0.717, 1.165) is 5.56 Å². The van der Waals surface area contributed by atoms with E-state index in [1.54, 1.807) is 19.1 Å². The molecule has 0 saturated carbocycles. The summed E-state index contributed by atoms with van der Waals surface area (Å²) >= 11 is 0. The van der Waals surface area contributed by atoms with Gasteiger partial charge < -0.3 is 14.6 Å². The highest BCUT2D eigenvalue weighted by Crippen LogP contribution is 2.30. The van der Waals surface area contributed by atoms with Gasteiger partial charge in [0.15, 0.2) is 11.5 Å². The quantitative estimate of drug-likeness (QED) is 0.788. The standard InChI is InChI=1S/C14H18O4/c1-4-17-12-7-6-11(9-13(12)18-5-2)10(3)8-14(15)16/h6-9H,4-5H2,1-3H3,(H,15,16)/b10-8+. The van der Waals surface area contributed by atoms with Crippen LogP contribution in [-0.2, 0) is 4.79 Å². The maximum Gasteiger partial charge on any atom is 0.328 e. The van der Waals surface area contributed by atoms with Crippen LogP contribution in [0.2, 0.25) is 0 Å². The number of aliphatic carboxylic acids is 1. The van der Waals surface area contributed by atoms with Gasteiger partial charge in [-0.2, -0.15) is 0 Å². The summed E-state index contributed by atoms with van der Waals surface area (Å²) in [6.07, 6.45) is 1.17. The van der Waals surface area contributed by atoms with E-state index in [2.05, 4.69) is 0 Å². The molecule has 0 aliphatic rings. The van der Waals surface area contributed by atoms with E-state index < -0.39 is 5.97 Å². The molecule has 0 spiro atoms. The molecule has 1 N–H and O–H groups in total. The summed E-state index contributed by atoms with van der Waals surface area (Å²) in [6.45, 7) is 6.63. The van der Waals surface area contributed by atoms with Gasteiger partial charge in [-0.3, -0.25) is 0 Å². The summed E-state index contributed by atoms with van der Waals surface area (Å²) < 4.78 is 10.9. The van der Waals surface area contributed by atoms with Gasteiger partial charge in [0.25, 0.3) is 0 Å². The van der Waals surface area contributed by atoms with Crippen molar-refractivity contribution in [2.45, 2.75) is 20.8 Å². The SMILES string of the molecule is CCOc1ccc(/C(C)=C/C(=O)O)cc1OCC. The first-order chi connectivity index (χ1) is 8.58. The number of benzene rings is 1. The molecule has 0 unspecified atom stereocenters. The molecule has 0 fully saturated rings. The molecule has 0 aromatic heterocycles. The highest BCUT2D eigenvalue weighted by Gasteiger charge is 2.07. The van der Waals surface area contributed by atoms with Crippen molar-refractivity contribution in [3.63, 3.8) is 0 Å². The summed E-state index contributed by atoms with van der Waals surface area (Å²) in [5, 5.41) is 8.72. The predicted octanol–water partition coefficient (Wildman–Crippen LogP) is 2.97. The molecule has 4 heteroatoms. The van der Waals surface area contributed by atoms with Crippen molar-refractivity contribution in [2.75, 3.05) is 13.2 Å². The Bertz CT molecular complexity index is 449. The van der Waals surface area contributed by atoms with Crippen LogP contribution in [0.4, 0.5) is 0 Å². The summed E-state index contributed by atoms with van der Waals surface area (Å²) in [5.41, 5.74) is 1.48. The molecule has 1 rings (SSSR count). The van der Waals surface area contributed by atoms with Crippen molar-refractivity contribution in [2.24, 2.45) is 0 Å². The third-order valence-electron chi connectivity index (χ3n) is 2.34. The van der Waals surface area contributed by atoms with Crippen molar-refractivity contribution >= 4 is 11.5 Å². The van der Waals surface area contributed by atoms with Crippen LogP contribution in [0.25, 0.3) is 5.57 Å². The molecule has 0 aliphatic carbocycles. The minimum absolute atomic E-state index is 0.533. The number of hydrogen-bond donors (Lipinski definition) is 1. The van der Waals surface area contributed by atoms with Crippen molar-refractivity contribution in [3.8, 4) is 11.5 Å². The lowest BCUT2D eigenvalue weighted by molar-refractivity contribution is -0.131. The molecule has 0 heterocycles. The van der Waals surface area contributed by atoms with Crippen LogP contribution in [0.15, 0.2) is 24.3 Å². The fraction of sp³-hybridized carbons (Fsp3) is 0.357. The number of carboxylic acid groups (broad SMARTS) is 1. The Morgan fingerprint density at radius 3 is 2.39 bits per heavy atom. The minimum Gasteiger partial charge on any atom is -0.490 e. The Hall–Kier alpha value is -1.97. The zero-order valence-electron chi connectivity index (χ0n) is 10.9. The number of hydrogen-bond acceptors (Lipinski definition) is 3. The molecule has 0 aliphatic heterocycles. The molecule has 1 aromatic carbocycles. The van der Waals surface area contributed by atoms with Crippen molar-refractivity contribution in [1.29, 1.82) is 0 Å². The highest BCUT2D eigenvalue weighted by molar-refractivity contribution is 5.89. The van der Waals surface area contributed by atoms with Crippen LogP contribution in [-0.4, -0.2) is 24.3 Å². The molecular formula is C14H18O4. The van der Waals surface area contributed by atoms with Gasteiger partial charge in [-0.05, 0) is 44.0 Å². The van der Waals surface area contributed by atoms with Crippen LogP contribution in [0.3, 0.4) is 0 Å². The van der Waals surface area contributed by atoms with Gasteiger partial charge in [0.05, 0.1) is 13.2 Å². The van der Waals surface area contributed by atoms with Crippen LogP contribution in [0.1, 0.15) is 26.3 Å². The van der Waals surface area contributed by atoms with E-state index >= 15 is 0 Å². The molecule has 1 aromatic rings. The molecular weight excluding hydrogens is 232 g/mol. The van der Waals surface area contributed by atoms with Crippen LogP contribution in [0, 0.1) is 0 Å². The number of rotatable bonds is 6. The minimum atomic E-state index is -0.959. The lowest BCUT2D eigenvalue weighted by Crippen LogP contribution is -1.99. The lowest BCUT2D eigenvalue weighted by Gasteiger charge is -2.12. The second-order valence-electron chi connectivity index (χ2n) is 3.69. The summed E-state index contributed by atoms with van der Waals surface area (Å²) in [6, 6.07) is 5.41. The van der Waals surface area contributed by atoms with E-state index in [4.69, 9.17) is 14.6 Å². The van der Waals surface area contributed by atoms with E-state index in [1.807, 2.05) is 19.9 Å². The van der Waals surface area contributed by atoms with Gasteiger partial charge in [0.2, 0.25) is 0 Å². The monoisotopic (exact) mass is 250 g/mol. The first-order valence-electron chi connectivity index (χ1n) is 5.89. The van der Waals surface area contributed by atoms with Crippen LogP contribution >= 0.6 is 0 Å². The fourth-order valence-corrected chi connectivity index (χ4v) is 1.56. The number of carboxylic acids is 1. The maximum absolute atomic E-state index is 10.6. The Morgan fingerprint density at radius 2 is 1.83 bits per heavy atom. The molecule has 4 nitrogen and oxygen atoms in total. The Morgan fingerprint density at radius 1 is 1.22 bits per heavy atom. The third kappa shape index (κ3) is 3.80. The van der Waals surface area contributed by atoms with Gasteiger partial charge in [-0.1, -0.05) is 6.07 Å². The van der Waals surface area contributed by atoms with E-state index in [1.165, 1.54) is 6.08 Å². The zero-order valence-corrected chi connectivity index (χ0v) is 10.9. The van der Waals surface area contributed by atoms with Gasteiger partial charge in [0, 0.05) is 6.08 Å². The fourth-order valence-electron chi connectivity index (χ4n) is 1.56. The van der Waals surface area contributed by atoms with Gasteiger partial charge >= 0.3 is 5.97 Å². The smallest absolute Gasteiger partial charge is 0.328 e. The van der Waals surface area contributed by atoms with Crippen molar-refractivity contribution in [1.82, 2.24) is 0 Å². The summed E-state index contributed by atoms with van der Waals surface area (Å²) in [7, 11) is 0. The predicted molar refractivity (Wildman–Crippen MR) is 70.1 cm³/mol. The second-order valence-corrected chi connectivity index (χ2v) is 3.69. The molecule has 0 amide bonds. The molecule has 0 bridgehead atoms. The highest BCUT2D eigenvalue weighted by atomic mass is 16.5. The number of carbonyl (C=O) groups is 1. The maximum atomic E-state index is 10.6. The van der Waals surface area contributed by atoms with Crippen molar-refractivity contribution < 1.29 is 19.4 Å². The Labute approximate surface area is 107 Å². The average Bonchev–Trinajstić information content (AvgIpc) is 2.31. The summed E-state index contributed by atoms with van der Waals surface area (Å²) in [4.78, 5) is 10.6. The second kappa shape index (κ2) is 6.69. The molecule has 18 heavy (non-hydrogen) atoms. The molecule has 98 valence electrons. The van der Waals surface area contributed by atoms with E-state index in [0.29, 0.717) is 30.3 Å². The van der Waals surface area contributed by atoms with Gasteiger partial charge in [-0.25, -0.2) is 4.79 Å². The Balaban J connectivity index is 3.09. The van der Waals surface area contributed by atoms with Crippen LogP contribution in [0.5, 0.6) is 11.5 Å². The van der Waals surface area contributed by atoms with Crippen molar-refractivity contribution in [3.05, 3.63) is 29.8 Å². The van der Waals surface area contributed by atoms with Gasteiger partial charge in [-0.15, -0.1) is 0 Å². The number of allylic oxidation sites excluding steroid dienone is 1. The molecule has 0 saturated heterocycles. The third-order valence-corrected chi connectivity index (χ3v) is 2.34. The Kier molecular flexibility index (Phi) is 5.24. The normalized spacial score (nSPS) is 11.2. The van der Waals surface area contributed by atoms with E-state index in [9.17, 15) is 4.79 Å². The molecule has 0 radical (unpaired) electrons. The molecule has 0 atom stereocenters. The van der Waals surface area contributed by atoms with Crippen LogP contribution < -0.4 is 9.47 Å². The topological polar surface area (TPSA) is 55.8 Å². The number of ether oxygens (including phenoxy) is 2. The average molecular weight is 250 g/mol. The summed E-state index contributed by atoms with van der Waals surface area (Å²) in [5.74, 6) is 0.348. The van der Waals surface area contributed by atoms with E-state index in [-0.39, 0.29) is 0 Å². The van der Waals surface area contributed by atoms with Gasteiger partial charge in [0.1, 0.15) is 0 Å². The first-order valence-corrected chi connectivity index (χ1v) is 5.89. The lowest BCUT2D eigenvalue weighted by atomic mass is 10.1. The zero-order chi connectivity index (χ0) is 13.5. The first kappa shape index (κ1) is 14.1.